The van der Waals surface area contributed by atoms with Crippen LogP contribution in [0, 0.1) is 0 Å². The van der Waals surface area contributed by atoms with Crippen LogP contribution in [0.2, 0.25) is 0 Å². The van der Waals surface area contributed by atoms with Crippen LogP contribution in [-0.2, 0) is 9.31 Å². The molecule has 3 aliphatic rings. The molecule has 0 unspecified atom stereocenters. The van der Waals surface area contributed by atoms with E-state index in [-0.39, 0.29) is 6.71 Å². The maximum Gasteiger partial charge on any atom is 0.495 e. The lowest BCUT2D eigenvalue weighted by molar-refractivity contribution is 0.00578. The van der Waals surface area contributed by atoms with Crippen molar-refractivity contribution in [1.29, 1.82) is 0 Å². The summed E-state index contributed by atoms with van der Waals surface area (Å²) in [6.07, 6.45) is 0. The molecule has 0 saturated carbocycles. The van der Waals surface area contributed by atoms with Gasteiger partial charge < -0.3 is 18.8 Å². The van der Waals surface area contributed by atoms with Gasteiger partial charge in [-0.25, -0.2) is 0 Å². The highest BCUT2D eigenvalue weighted by Crippen LogP contribution is 2.38. The number of hydrogen-bond acceptors (Lipinski definition) is 4. The van der Waals surface area contributed by atoms with Gasteiger partial charge in [-0.05, 0) is 79.5 Å². The highest BCUT2D eigenvalue weighted by atomic mass is 16.7. The average molecular weight is 472 g/mol. The van der Waals surface area contributed by atoms with Crippen LogP contribution >= 0.6 is 0 Å². The van der Waals surface area contributed by atoms with Crippen LogP contribution in [0.3, 0.4) is 0 Å². The Morgan fingerprint density at radius 3 is 1.89 bits per heavy atom. The van der Waals surface area contributed by atoms with Crippen molar-refractivity contribution in [2.75, 3.05) is 0 Å². The third kappa shape index (κ3) is 3.11. The van der Waals surface area contributed by atoms with Crippen molar-refractivity contribution < 1.29 is 18.8 Å². The lowest BCUT2D eigenvalue weighted by atomic mass is 9.35. The topological polar surface area (TPSA) is 36.9 Å². The minimum atomic E-state index is -0.436. The molecule has 0 bridgehead atoms. The van der Waals surface area contributed by atoms with E-state index in [1.54, 1.807) is 0 Å². The van der Waals surface area contributed by atoms with E-state index in [2.05, 4.69) is 76.2 Å². The second kappa shape index (κ2) is 7.52. The Morgan fingerprint density at radius 2 is 1.14 bits per heavy atom. The molecule has 3 heterocycles. The van der Waals surface area contributed by atoms with Crippen LogP contribution < -0.4 is 31.3 Å². The minimum absolute atomic E-state index is 0.0669. The first-order valence-electron chi connectivity index (χ1n) is 12.5. The van der Waals surface area contributed by atoms with Crippen molar-refractivity contribution in [3.8, 4) is 34.1 Å². The Balaban J connectivity index is 1.34. The summed E-state index contributed by atoms with van der Waals surface area (Å²) in [6, 6.07) is 29.1. The van der Waals surface area contributed by atoms with Gasteiger partial charge in [0.15, 0.2) is 0 Å². The summed E-state index contributed by atoms with van der Waals surface area (Å²) in [7, 11) is -0.436. The molecule has 0 spiro atoms. The zero-order valence-electron chi connectivity index (χ0n) is 20.9. The number of hydrogen-bond donors (Lipinski definition) is 0. The van der Waals surface area contributed by atoms with E-state index >= 15 is 0 Å². The van der Waals surface area contributed by atoms with Gasteiger partial charge in [-0.15, -0.1) is 0 Å². The fraction of sp³-hybridized carbons (Fsp3) is 0.200. The van der Waals surface area contributed by atoms with Gasteiger partial charge in [0.05, 0.1) is 11.2 Å². The number of rotatable bonds is 2. The molecule has 1 saturated heterocycles. The zero-order chi connectivity index (χ0) is 24.7. The summed E-state index contributed by atoms with van der Waals surface area (Å²) >= 11 is 0. The summed E-state index contributed by atoms with van der Waals surface area (Å²) in [5, 5.41) is 0. The number of ether oxygens (including phenoxy) is 2. The number of benzene rings is 4. The molecule has 0 amide bonds. The maximum atomic E-state index is 6.49. The molecular weight excluding hydrogens is 446 g/mol. The third-order valence-corrected chi connectivity index (χ3v) is 8.09. The molecule has 0 aromatic heterocycles. The molecule has 1 fully saturated rings. The molecule has 6 heteroatoms. The van der Waals surface area contributed by atoms with E-state index in [1.165, 1.54) is 0 Å². The van der Waals surface area contributed by atoms with Crippen molar-refractivity contribution in [3.05, 3.63) is 84.9 Å². The molecule has 7 rings (SSSR count). The van der Waals surface area contributed by atoms with Gasteiger partial charge >= 0.3 is 7.12 Å². The van der Waals surface area contributed by atoms with Crippen molar-refractivity contribution in [3.63, 3.8) is 0 Å². The summed E-state index contributed by atoms with van der Waals surface area (Å²) in [5.41, 5.74) is 5.76. The van der Waals surface area contributed by atoms with Crippen LogP contribution in [-0.4, -0.2) is 25.0 Å². The molecule has 0 N–H and O–H groups in total. The molecule has 176 valence electrons. The van der Waals surface area contributed by atoms with E-state index in [0.717, 1.165) is 56.0 Å². The highest BCUT2D eigenvalue weighted by molar-refractivity contribution is 6.98. The standard InChI is InChI=1S/C30H26B2O4/c1-29(2)30(3,4)36-32(35-29)21-11-6-5-10-20(21)19-16-17-23-27(18-19)34-26-15-9-14-25-28(26)31(23)22-12-7-8-13-24(22)33-25/h5-18H,1-4H3. The molecule has 4 aromatic rings. The van der Waals surface area contributed by atoms with E-state index in [0.29, 0.717) is 0 Å². The molecule has 0 atom stereocenters. The van der Waals surface area contributed by atoms with Gasteiger partial charge in [0.25, 0.3) is 6.71 Å². The van der Waals surface area contributed by atoms with Gasteiger partial charge in [-0.1, -0.05) is 60.7 Å². The Bertz CT molecular complexity index is 1510. The van der Waals surface area contributed by atoms with Gasteiger partial charge in [0.1, 0.15) is 23.0 Å². The second-order valence-electron chi connectivity index (χ2n) is 10.8. The Kier molecular flexibility index (Phi) is 4.55. The Morgan fingerprint density at radius 1 is 0.556 bits per heavy atom. The minimum Gasteiger partial charge on any atom is -0.458 e. The lowest BCUT2D eigenvalue weighted by Gasteiger charge is -2.33. The van der Waals surface area contributed by atoms with Gasteiger partial charge in [0, 0.05) is 5.46 Å². The lowest BCUT2D eigenvalue weighted by Crippen LogP contribution is -2.57. The number of fused-ring (bicyclic) bond motifs is 4. The predicted molar refractivity (Wildman–Crippen MR) is 145 cm³/mol. The van der Waals surface area contributed by atoms with Crippen LogP contribution in [0.5, 0.6) is 23.0 Å². The van der Waals surface area contributed by atoms with Crippen LogP contribution in [0.25, 0.3) is 11.1 Å². The van der Waals surface area contributed by atoms with Gasteiger partial charge in [-0.2, -0.15) is 0 Å². The molecular formula is C30H26B2O4. The van der Waals surface area contributed by atoms with Crippen molar-refractivity contribution in [1.82, 2.24) is 0 Å². The molecule has 4 aromatic carbocycles. The molecule has 0 radical (unpaired) electrons. The van der Waals surface area contributed by atoms with Gasteiger partial charge in [0.2, 0.25) is 0 Å². The SMILES string of the molecule is CC1(C)OB(c2ccccc2-c2ccc3c(c2)Oc2cccc4c2B3c2ccccc2O4)OC1(C)C. The predicted octanol–water partition coefficient (Wildman–Crippen LogP) is 4.38. The average Bonchev–Trinajstić information content (AvgIpc) is 3.10. The highest BCUT2D eigenvalue weighted by Gasteiger charge is 2.52. The van der Waals surface area contributed by atoms with Crippen molar-refractivity contribution in [2.24, 2.45) is 0 Å². The Hall–Kier alpha value is -3.47. The monoisotopic (exact) mass is 472 g/mol. The normalized spacial score (nSPS) is 18.0. The zero-order valence-corrected chi connectivity index (χ0v) is 20.9. The van der Waals surface area contributed by atoms with Crippen LogP contribution in [0.4, 0.5) is 0 Å². The molecule has 36 heavy (non-hydrogen) atoms. The first kappa shape index (κ1) is 21.8. The Labute approximate surface area is 212 Å². The van der Waals surface area contributed by atoms with Crippen LogP contribution in [0.1, 0.15) is 27.7 Å². The maximum absolute atomic E-state index is 6.49. The smallest absolute Gasteiger partial charge is 0.458 e. The first-order chi connectivity index (χ1) is 17.3. The summed E-state index contributed by atoms with van der Waals surface area (Å²) < 4.78 is 25.5. The van der Waals surface area contributed by atoms with Crippen molar-refractivity contribution in [2.45, 2.75) is 38.9 Å². The number of para-hydroxylation sites is 1. The largest absolute Gasteiger partial charge is 0.495 e. The van der Waals surface area contributed by atoms with E-state index in [9.17, 15) is 0 Å². The molecule has 4 nitrogen and oxygen atoms in total. The molecule has 0 aliphatic carbocycles. The quantitative estimate of drug-likeness (QED) is 0.351. The fourth-order valence-electron chi connectivity index (χ4n) is 5.48. The second-order valence-corrected chi connectivity index (χ2v) is 10.8. The summed E-state index contributed by atoms with van der Waals surface area (Å²) in [4.78, 5) is 0. The van der Waals surface area contributed by atoms with Crippen molar-refractivity contribution >= 4 is 35.7 Å². The van der Waals surface area contributed by atoms with Crippen LogP contribution in [0.15, 0.2) is 84.9 Å². The van der Waals surface area contributed by atoms with Gasteiger partial charge in [-0.3, -0.25) is 0 Å². The third-order valence-electron chi connectivity index (χ3n) is 8.09. The van der Waals surface area contributed by atoms with E-state index < -0.39 is 18.3 Å². The van der Waals surface area contributed by atoms with E-state index in [1.807, 2.05) is 36.4 Å². The summed E-state index contributed by atoms with van der Waals surface area (Å²) in [6.45, 7) is 8.40. The fourth-order valence-corrected chi connectivity index (χ4v) is 5.48. The first-order valence-corrected chi connectivity index (χ1v) is 12.5. The summed E-state index contributed by atoms with van der Waals surface area (Å²) in [5.74, 6) is 3.46. The van der Waals surface area contributed by atoms with E-state index in [4.69, 9.17) is 18.8 Å². The molecule has 3 aliphatic heterocycles.